The Morgan fingerprint density at radius 1 is 1.00 bits per heavy atom. The fourth-order valence-corrected chi connectivity index (χ4v) is 7.08. The molecule has 0 spiro atoms. The maximum absolute atomic E-state index is 13.3. The molecule has 1 aromatic heterocycles. The third-order valence-corrected chi connectivity index (χ3v) is 9.66. The molecule has 0 aliphatic heterocycles. The van der Waals surface area contributed by atoms with Crippen LogP contribution in [0, 0.1) is 12.8 Å². The first-order chi connectivity index (χ1) is 20.4. The van der Waals surface area contributed by atoms with E-state index >= 15 is 0 Å². The van der Waals surface area contributed by atoms with Gasteiger partial charge in [0.05, 0.1) is 21.9 Å². The molecule has 9 nitrogen and oxygen atoms in total. The summed E-state index contributed by atoms with van der Waals surface area (Å²) in [5.41, 5.74) is 1.87. The molecule has 1 amide bonds. The largest absolute Gasteiger partial charge is 0.495 e. The molecule has 0 saturated heterocycles. The van der Waals surface area contributed by atoms with Crippen LogP contribution in [-0.2, 0) is 14.8 Å². The van der Waals surface area contributed by atoms with Gasteiger partial charge in [-0.3, -0.25) is 4.79 Å². The van der Waals surface area contributed by atoms with Crippen LogP contribution in [0.15, 0.2) is 98.3 Å². The van der Waals surface area contributed by atoms with E-state index < -0.39 is 33.4 Å². The van der Waals surface area contributed by atoms with E-state index in [9.17, 15) is 23.1 Å². The number of furan rings is 1. The Balaban J connectivity index is 1.32. The van der Waals surface area contributed by atoms with Crippen LogP contribution in [0.1, 0.15) is 30.0 Å². The molecule has 4 aromatic rings. The maximum Gasteiger partial charge on any atom is 0.329 e. The average Bonchev–Trinajstić information content (AvgIpc) is 3.28. The highest BCUT2D eigenvalue weighted by atomic mass is 79.9. The minimum Gasteiger partial charge on any atom is -0.495 e. The number of fused-ring (bicyclic) bond motifs is 1. The smallest absolute Gasteiger partial charge is 0.329 e. The molecule has 0 fully saturated rings. The van der Waals surface area contributed by atoms with Crippen LogP contribution in [0.4, 0.5) is 5.69 Å². The fourth-order valence-electron chi connectivity index (χ4n) is 5.11. The van der Waals surface area contributed by atoms with Gasteiger partial charge in [-0.1, -0.05) is 56.3 Å². The Morgan fingerprint density at radius 2 is 1.60 bits per heavy atom. The first-order valence-electron chi connectivity index (χ1n) is 13.3. The van der Waals surface area contributed by atoms with E-state index in [0.717, 1.165) is 15.6 Å². The van der Waals surface area contributed by atoms with E-state index in [4.69, 9.17) is 9.15 Å². The molecule has 11 heteroatoms. The highest BCUT2D eigenvalue weighted by Gasteiger charge is 2.48. The predicted molar refractivity (Wildman–Crippen MR) is 168 cm³/mol. The lowest BCUT2D eigenvalue weighted by atomic mass is 9.77. The standard InChI is InChI=1S/C32H29BrN2O7S/c1-18(2)32(31(37)38,22-6-5-7-22)35-43(39,40)24-14-10-21(11-15-24)20-8-12-23(13-9-20)34-30(36)28-19(3)27-26(42-28)17-16-25(33)29(27)41-4/h5-18,35H,1-4H3,(H,34,36)(H,37,38)/t32-/m1/s1. The average molecular weight is 666 g/mol. The summed E-state index contributed by atoms with van der Waals surface area (Å²) in [6.07, 6.45) is 4.87. The van der Waals surface area contributed by atoms with Gasteiger partial charge >= 0.3 is 5.97 Å². The van der Waals surface area contributed by atoms with Crippen molar-refractivity contribution in [3.05, 3.63) is 100 Å². The van der Waals surface area contributed by atoms with Gasteiger partial charge in [-0.2, -0.15) is 4.72 Å². The van der Waals surface area contributed by atoms with E-state index in [0.29, 0.717) is 33.5 Å². The zero-order chi connectivity index (χ0) is 31.1. The number of anilines is 1. The van der Waals surface area contributed by atoms with Crippen LogP contribution in [0.3, 0.4) is 0 Å². The summed E-state index contributed by atoms with van der Waals surface area (Å²) in [6.45, 7) is 5.12. The van der Waals surface area contributed by atoms with Gasteiger partial charge in [-0.05, 0) is 81.9 Å². The number of amides is 1. The SMILES string of the molecule is COc1c(Br)ccc2oc(C(=O)Nc3ccc(-c4ccc(S(=O)(=O)N[C@@](C(=O)O)(C5=CC=C5)C(C)C)cc4)cc3)c(C)c12. The molecule has 222 valence electrons. The van der Waals surface area contributed by atoms with Crippen molar-refractivity contribution in [3.8, 4) is 16.9 Å². The lowest BCUT2D eigenvalue weighted by Crippen LogP contribution is -2.59. The lowest BCUT2D eigenvalue weighted by Gasteiger charge is -2.36. The number of carboxylic acid groups (broad SMARTS) is 1. The number of hydrogen-bond acceptors (Lipinski definition) is 6. The first-order valence-corrected chi connectivity index (χ1v) is 15.6. The first kappa shape index (κ1) is 30.3. The molecule has 1 atom stereocenters. The minimum absolute atomic E-state index is 0.0554. The van der Waals surface area contributed by atoms with Gasteiger partial charge in [-0.25, -0.2) is 13.2 Å². The number of allylic oxidation sites excluding steroid dienone is 2. The third-order valence-electron chi connectivity index (χ3n) is 7.56. The number of hydrogen-bond donors (Lipinski definition) is 3. The molecule has 5 rings (SSSR count). The number of benzene rings is 3. The van der Waals surface area contributed by atoms with E-state index in [-0.39, 0.29) is 10.7 Å². The van der Waals surface area contributed by atoms with Crippen molar-refractivity contribution in [2.75, 3.05) is 12.4 Å². The maximum atomic E-state index is 13.3. The van der Waals surface area contributed by atoms with Crippen LogP contribution >= 0.6 is 15.9 Å². The van der Waals surface area contributed by atoms with E-state index in [2.05, 4.69) is 26.0 Å². The molecular weight excluding hydrogens is 636 g/mol. The van der Waals surface area contributed by atoms with Gasteiger partial charge < -0.3 is 19.6 Å². The molecule has 0 unspecified atom stereocenters. The zero-order valence-corrected chi connectivity index (χ0v) is 26.2. The number of methoxy groups -OCH3 is 1. The lowest BCUT2D eigenvalue weighted by molar-refractivity contribution is -0.144. The number of carboxylic acids is 1. The second kappa shape index (κ2) is 11.5. The van der Waals surface area contributed by atoms with Crippen molar-refractivity contribution >= 4 is 54.5 Å². The topological polar surface area (TPSA) is 135 Å². The Labute approximate surface area is 257 Å². The summed E-state index contributed by atoms with van der Waals surface area (Å²) >= 11 is 3.46. The molecule has 3 aromatic carbocycles. The van der Waals surface area contributed by atoms with Crippen LogP contribution < -0.4 is 14.8 Å². The zero-order valence-electron chi connectivity index (χ0n) is 23.8. The highest BCUT2D eigenvalue weighted by Crippen LogP contribution is 2.39. The van der Waals surface area contributed by atoms with E-state index in [1.165, 1.54) is 12.1 Å². The van der Waals surface area contributed by atoms with E-state index in [1.54, 1.807) is 94.6 Å². The van der Waals surface area contributed by atoms with Crippen molar-refractivity contribution in [2.24, 2.45) is 5.92 Å². The fraction of sp³-hybridized carbons (Fsp3) is 0.188. The summed E-state index contributed by atoms with van der Waals surface area (Å²) in [6, 6.07) is 16.8. The van der Waals surface area contributed by atoms with Crippen LogP contribution in [0.25, 0.3) is 22.1 Å². The summed E-state index contributed by atoms with van der Waals surface area (Å²) in [7, 11) is -2.61. The van der Waals surface area contributed by atoms with Crippen LogP contribution in [-0.4, -0.2) is 38.0 Å². The van der Waals surface area contributed by atoms with Crippen molar-refractivity contribution in [1.29, 1.82) is 0 Å². The number of sulfonamides is 1. The number of ether oxygens (including phenoxy) is 1. The van der Waals surface area contributed by atoms with Crippen LogP contribution in [0.5, 0.6) is 5.75 Å². The number of aliphatic carboxylic acids is 1. The van der Waals surface area contributed by atoms with Gasteiger partial charge in [-0.15, -0.1) is 0 Å². The van der Waals surface area contributed by atoms with Gasteiger partial charge in [0.25, 0.3) is 5.91 Å². The Kier molecular flexibility index (Phi) is 8.08. The van der Waals surface area contributed by atoms with Gasteiger partial charge in [0.2, 0.25) is 10.0 Å². The molecule has 0 saturated carbocycles. The Morgan fingerprint density at radius 3 is 2.12 bits per heavy atom. The minimum atomic E-state index is -4.17. The van der Waals surface area contributed by atoms with Crippen molar-refractivity contribution in [1.82, 2.24) is 4.72 Å². The molecular formula is C32H29BrN2O7S. The van der Waals surface area contributed by atoms with Crippen molar-refractivity contribution in [3.63, 3.8) is 0 Å². The molecule has 3 N–H and O–H groups in total. The number of nitrogens with one attached hydrogen (secondary N) is 2. The molecule has 1 aliphatic carbocycles. The number of aryl methyl sites for hydroxylation is 1. The molecule has 0 radical (unpaired) electrons. The molecule has 1 aliphatic rings. The summed E-state index contributed by atoms with van der Waals surface area (Å²) in [5, 5.41) is 13.6. The number of carbonyl (C=O) groups is 2. The van der Waals surface area contributed by atoms with Crippen molar-refractivity contribution in [2.45, 2.75) is 31.2 Å². The third kappa shape index (κ3) is 5.39. The van der Waals surface area contributed by atoms with Gasteiger partial charge in [0.15, 0.2) is 11.3 Å². The van der Waals surface area contributed by atoms with Crippen LogP contribution in [0.2, 0.25) is 0 Å². The van der Waals surface area contributed by atoms with E-state index in [1.807, 2.05) is 0 Å². The normalized spacial score (nSPS) is 14.2. The predicted octanol–water partition coefficient (Wildman–Crippen LogP) is 6.69. The van der Waals surface area contributed by atoms with Crippen molar-refractivity contribution < 1.29 is 32.3 Å². The number of rotatable bonds is 10. The highest BCUT2D eigenvalue weighted by molar-refractivity contribution is 9.10. The quantitative estimate of drug-likeness (QED) is 0.172. The van der Waals surface area contributed by atoms with Gasteiger partial charge in [0.1, 0.15) is 11.3 Å². The second-order valence-electron chi connectivity index (χ2n) is 10.4. The summed E-state index contributed by atoms with van der Waals surface area (Å²) in [4.78, 5) is 25.3. The molecule has 0 bridgehead atoms. The number of carbonyl (C=O) groups excluding carboxylic acids is 1. The Hall–Kier alpha value is -4.19. The number of halogens is 1. The molecule has 43 heavy (non-hydrogen) atoms. The summed E-state index contributed by atoms with van der Waals surface area (Å²) in [5.74, 6) is -1.46. The molecule has 1 heterocycles. The Bertz CT molecular complexity index is 1910. The monoisotopic (exact) mass is 664 g/mol. The second-order valence-corrected chi connectivity index (χ2v) is 13.0. The summed E-state index contributed by atoms with van der Waals surface area (Å²) < 4.78 is 41.0. The van der Waals surface area contributed by atoms with Gasteiger partial charge in [0, 0.05) is 11.3 Å².